The van der Waals surface area contributed by atoms with E-state index in [0.717, 1.165) is 6.07 Å². The van der Waals surface area contributed by atoms with E-state index in [9.17, 15) is 23.1 Å². The minimum Gasteiger partial charge on any atom is -0.508 e. The van der Waals surface area contributed by atoms with Crippen LogP contribution in [0.1, 0.15) is 42.3 Å². The molecule has 0 saturated heterocycles. The molecule has 5 nitrogen and oxygen atoms in total. The fourth-order valence-corrected chi connectivity index (χ4v) is 2.53. The van der Waals surface area contributed by atoms with Crippen molar-refractivity contribution in [3.05, 3.63) is 40.7 Å². The van der Waals surface area contributed by atoms with Gasteiger partial charge in [-0.1, -0.05) is 13.8 Å². The lowest BCUT2D eigenvalue weighted by atomic mass is 9.99. The summed E-state index contributed by atoms with van der Waals surface area (Å²) in [5.74, 6) is -0.480. The number of halogens is 3. The molecule has 1 heterocycles. The molecule has 1 amide bonds. The summed E-state index contributed by atoms with van der Waals surface area (Å²) < 4.78 is 39.5. The van der Waals surface area contributed by atoms with Gasteiger partial charge < -0.3 is 10.4 Å². The Hall–Kier alpha value is -2.51. The van der Waals surface area contributed by atoms with E-state index in [4.69, 9.17) is 0 Å². The van der Waals surface area contributed by atoms with Gasteiger partial charge in [0.2, 0.25) is 5.91 Å². The minimum absolute atomic E-state index is 0.0295. The maximum absolute atomic E-state index is 13.0. The Kier molecular flexibility index (Phi) is 5.10. The van der Waals surface area contributed by atoms with Crippen molar-refractivity contribution < 1.29 is 23.1 Å². The van der Waals surface area contributed by atoms with Crippen LogP contribution in [-0.2, 0) is 17.5 Å². The highest BCUT2D eigenvalue weighted by atomic mass is 19.4. The van der Waals surface area contributed by atoms with Gasteiger partial charge in [0.1, 0.15) is 18.0 Å². The second-order valence-corrected chi connectivity index (χ2v) is 6.26. The number of benzene rings is 1. The van der Waals surface area contributed by atoms with Gasteiger partial charge in [-0.15, -0.1) is 0 Å². The Morgan fingerprint density at radius 2 is 1.92 bits per heavy atom. The van der Waals surface area contributed by atoms with E-state index in [-0.39, 0.29) is 17.4 Å². The number of nitrogens with zero attached hydrogens (tertiary/aromatic N) is 2. The van der Waals surface area contributed by atoms with Crippen LogP contribution < -0.4 is 5.32 Å². The third kappa shape index (κ3) is 4.32. The molecule has 0 atom stereocenters. The zero-order valence-corrected chi connectivity index (χ0v) is 14.4. The number of carbonyl (C=O) groups excluding carboxylic acids is 1. The number of phenols is 1. The molecule has 25 heavy (non-hydrogen) atoms. The van der Waals surface area contributed by atoms with Crippen molar-refractivity contribution >= 4 is 11.6 Å². The van der Waals surface area contributed by atoms with E-state index < -0.39 is 24.3 Å². The zero-order chi connectivity index (χ0) is 18.9. The molecule has 1 aromatic heterocycles. The van der Waals surface area contributed by atoms with Crippen LogP contribution in [0.25, 0.3) is 0 Å². The predicted molar refractivity (Wildman–Crippen MR) is 87.5 cm³/mol. The Bertz CT molecular complexity index is 795. The number of amides is 1. The van der Waals surface area contributed by atoms with Gasteiger partial charge in [0.05, 0.1) is 5.69 Å². The number of aromatic hydroxyl groups is 1. The summed E-state index contributed by atoms with van der Waals surface area (Å²) >= 11 is 0. The molecule has 0 unspecified atom stereocenters. The Labute approximate surface area is 143 Å². The monoisotopic (exact) mass is 355 g/mol. The fourth-order valence-electron chi connectivity index (χ4n) is 2.53. The highest BCUT2D eigenvalue weighted by molar-refractivity contribution is 5.91. The molecule has 0 saturated carbocycles. The highest BCUT2D eigenvalue weighted by Crippen LogP contribution is 2.32. The number of hydrogen-bond donors (Lipinski definition) is 2. The maximum Gasteiger partial charge on any atom is 0.433 e. The van der Waals surface area contributed by atoms with E-state index in [2.05, 4.69) is 10.4 Å². The lowest BCUT2D eigenvalue weighted by Crippen LogP contribution is -2.24. The van der Waals surface area contributed by atoms with Gasteiger partial charge in [-0.25, -0.2) is 0 Å². The number of aromatic nitrogens is 2. The van der Waals surface area contributed by atoms with Crippen LogP contribution in [0.4, 0.5) is 18.9 Å². The smallest absolute Gasteiger partial charge is 0.433 e. The molecule has 0 radical (unpaired) electrons. The van der Waals surface area contributed by atoms with Crippen molar-refractivity contribution in [3.63, 3.8) is 0 Å². The second kappa shape index (κ2) is 6.78. The van der Waals surface area contributed by atoms with Gasteiger partial charge in [-0.2, -0.15) is 18.3 Å². The molecule has 0 aliphatic carbocycles. The lowest BCUT2D eigenvalue weighted by Gasteiger charge is -2.15. The van der Waals surface area contributed by atoms with Gasteiger partial charge in [0, 0.05) is 5.69 Å². The molecular formula is C17H20F3N3O2. The van der Waals surface area contributed by atoms with Crippen molar-refractivity contribution in [1.29, 1.82) is 0 Å². The molecule has 136 valence electrons. The lowest BCUT2D eigenvalue weighted by molar-refractivity contribution is -0.144. The van der Waals surface area contributed by atoms with Crippen molar-refractivity contribution in [1.82, 2.24) is 9.78 Å². The molecule has 0 aliphatic rings. The first kappa shape index (κ1) is 18.8. The normalized spacial score (nSPS) is 11.8. The summed E-state index contributed by atoms with van der Waals surface area (Å²) in [6, 6.07) is 4.05. The number of carbonyl (C=O) groups is 1. The number of alkyl halides is 3. The van der Waals surface area contributed by atoms with Crippen molar-refractivity contribution in [2.45, 2.75) is 46.3 Å². The summed E-state index contributed by atoms with van der Waals surface area (Å²) in [6.45, 7) is 6.34. The van der Waals surface area contributed by atoms with E-state index >= 15 is 0 Å². The van der Waals surface area contributed by atoms with E-state index in [1.54, 1.807) is 13.0 Å². The van der Waals surface area contributed by atoms with Crippen LogP contribution in [0, 0.1) is 13.8 Å². The first-order chi connectivity index (χ1) is 11.5. The largest absolute Gasteiger partial charge is 0.508 e. The first-order valence-corrected chi connectivity index (χ1v) is 7.74. The summed E-state index contributed by atoms with van der Waals surface area (Å²) in [7, 11) is 0. The maximum atomic E-state index is 13.0. The van der Waals surface area contributed by atoms with Gasteiger partial charge in [-0.3, -0.25) is 9.48 Å². The summed E-state index contributed by atoms with van der Waals surface area (Å²) in [6.07, 6.45) is -4.58. The summed E-state index contributed by atoms with van der Waals surface area (Å²) in [4.78, 5) is 12.2. The zero-order valence-electron chi connectivity index (χ0n) is 14.4. The van der Waals surface area contributed by atoms with E-state index in [1.807, 2.05) is 13.8 Å². The van der Waals surface area contributed by atoms with Crippen LogP contribution >= 0.6 is 0 Å². The van der Waals surface area contributed by atoms with Crippen molar-refractivity contribution in [3.8, 4) is 5.75 Å². The molecule has 1 aromatic carbocycles. The molecule has 2 rings (SSSR count). The van der Waals surface area contributed by atoms with Gasteiger partial charge in [-0.05, 0) is 49.1 Å². The van der Waals surface area contributed by atoms with E-state index in [1.165, 1.54) is 13.0 Å². The first-order valence-electron chi connectivity index (χ1n) is 7.74. The molecule has 0 aliphatic heterocycles. The summed E-state index contributed by atoms with van der Waals surface area (Å²) in [5.41, 5.74) is 0.923. The number of rotatable bonds is 4. The standard InChI is InChI=1S/C17H20F3N3O2/c1-9(2)12-7-13(10(3)5-14(12)24)21-16(25)8-23-15(17(18,19)20)6-11(4)22-23/h5-7,9,24H,8H2,1-4H3,(H,21,25). The Balaban J connectivity index is 2.23. The number of anilines is 1. The van der Waals surface area contributed by atoms with Gasteiger partial charge in [0.25, 0.3) is 0 Å². The minimum atomic E-state index is -4.58. The van der Waals surface area contributed by atoms with Crippen LogP contribution in [0.3, 0.4) is 0 Å². The molecule has 0 spiro atoms. The van der Waals surface area contributed by atoms with Crippen LogP contribution in [0.2, 0.25) is 0 Å². The van der Waals surface area contributed by atoms with E-state index in [0.29, 0.717) is 21.5 Å². The van der Waals surface area contributed by atoms with Crippen LogP contribution in [0.15, 0.2) is 18.2 Å². The Morgan fingerprint density at radius 3 is 2.48 bits per heavy atom. The quantitative estimate of drug-likeness (QED) is 0.815. The van der Waals surface area contributed by atoms with Crippen molar-refractivity contribution in [2.75, 3.05) is 5.32 Å². The van der Waals surface area contributed by atoms with Crippen LogP contribution in [-0.4, -0.2) is 20.8 Å². The fraction of sp³-hybridized carbons (Fsp3) is 0.412. The highest BCUT2D eigenvalue weighted by Gasteiger charge is 2.35. The van der Waals surface area contributed by atoms with Gasteiger partial charge >= 0.3 is 6.18 Å². The van der Waals surface area contributed by atoms with Gasteiger partial charge in [0.15, 0.2) is 0 Å². The summed E-state index contributed by atoms with van der Waals surface area (Å²) in [5, 5.41) is 16.3. The third-order valence-electron chi connectivity index (χ3n) is 3.76. The average Bonchev–Trinajstić information content (AvgIpc) is 2.82. The number of phenolic OH excluding ortho intramolecular Hbond substituents is 1. The number of nitrogens with one attached hydrogen (secondary N) is 1. The number of hydrogen-bond acceptors (Lipinski definition) is 3. The van der Waals surface area contributed by atoms with Crippen LogP contribution in [0.5, 0.6) is 5.75 Å². The topological polar surface area (TPSA) is 67.2 Å². The molecule has 0 fully saturated rings. The molecule has 0 bridgehead atoms. The Morgan fingerprint density at radius 1 is 1.28 bits per heavy atom. The second-order valence-electron chi connectivity index (χ2n) is 6.26. The molecular weight excluding hydrogens is 335 g/mol. The number of aryl methyl sites for hydroxylation is 2. The SMILES string of the molecule is Cc1cc(C(F)(F)F)n(CC(=O)Nc2cc(C(C)C)c(O)cc2C)n1. The predicted octanol–water partition coefficient (Wildman–Crippen LogP) is 3.99. The average molecular weight is 355 g/mol. The van der Waals surface area contributed by atoms with Crippen molar-refractivity contribution in [2.24, 2.45) is 0 Å². The third-order valence-corrected chi connectivity index (χ3v) is 3.76. The molecule has 8 heteroatoms. The molecule has 2 aromatic rings. The molecule has 2 N–H and O–H groups in total.